The van der Waals surface area contributed by atoms with E-state index in [1.54, 1.807) is 55.5 Å². The maximum Gasteiger partial charge on any atom is 0.268 e. The molecule has 31 heavy (non-hydrogen) atoms. The number of ether oxygens (including phenoxy) is 2. The van der Waals surface area contributed by atoms with Gasteiger partial charge in [0.2, 0.25) is 5.78 Å². The Labute approximate surface area is 180 Å². The molecule has 0 aliphatic rings. The number of hydrogen-bond acceptors (Lipinski definition) is 5. The predicted molar refractivity (Wildman–Crippen MR) is 119 cm³/mol. The van der Waals surface area contributed by atoms with Crippen molar-refractivity contribution in [1.82, 2.24) is 3.97 Å². The van der Waals surface area contributed by atoms with Crippen molar-refractivity contribution in [3.8, 4) is 11.5 Å². The average molecular weight is 436 g/mol. The first-order valence-corrected chi connectivity index (χ1v) is 11.0. The number of aryl methyl sites for hydroxylation is 1. The number of para-hydroxylation sites is 1. The summed E-state index contributed by atoms with van der Waals surface area (Å²) in [5.74, 6) is 0.382. The van der Waals surface area contributed by atoms with E-state index in [0.29, 0.717) is 28.0 Å². The molecule has 4 rings (SSSR count). The minimum atomic E-state index is -4.03. The quantitative estimate of drug-likeness (QED) is 0.419. The maximum atomic E-state index is 13.7. The summed E-state index contributed by atoms with van der Waals surface area (Å²) in [7, 11) is -1.06. The number of nitrogens with zero attached hydrogens (tertiary/aromatic N) is 1. The lowest BCUT2D eigenvalue weighted by Gasteiger charge is -2.14. The number of rotatable bonds is 6. The number of fused-ring (bicyclic) bond motifs is 1. The SMILES string of the molecule is COc1ccc(C(=O)c2c(C)c3ccccc3n2S(=O)(=O)c2ccccc2)c(OC)c1. The number of carbonyl (C=O) groups is 1. The van der Waals surface area contributed by atoms with Crippen molar-refractivity contribution < 1.29 is 22.7 Å². The van der Waals surface area contributed by atoms with Gasteiger partial charge in [-0.2, -0.15) is 0 Å². The van der Waals surface area contributed by atoms with Crippen molar-refractivity contribution in [3.63, 3.8) is 0 Å². The number of aromatic nitrogens is 1. The minimum absolute atomic E-state index is 0.0773. The third-order valence-electron chi connectivity index (χ3n) is 5.23. The van der Waals surface area contributed by atoms with E-state index in [-0.39, 0.29) is 16.2 Å². The molecule has 7 heteroatoms. The molecule has 6 nitrogen and oxygen atoms in total. The lowest BCUT2D eigenvalue weighted by Crippen LogP contribution is -2.20. The fraction of sp³-hybridized carbons (Fsp3) is 0.125. The topological polar surface area (TPSA) is 74.6 Å². The van der Waals surface area contributed by atoms with E-state index >= 15 is 0 Å². The Bertz CT molecular complexity index is 1390. The van der Waals surface area contributed by atoms with Gasteiger partial charge in [-0.1, -0.05) is 36.4 Å². The Morgan fingerprint density at radius 3 is 2.23 bits per heavy atom. The largest absolute Gasteiger partial charge is 0.497 e. The normalized spacial score (nSPS) is 11.5. The highest BCUT2D eigenvalue weighted by molar-refractivity contribution is 7.90. The monoisotopic (exact) mass is 435 g/mol. The lowest BCUT2D eigenvalue weighted by atomic mass is 10.0. The molecule has 0 saturated heterocycles. The van der Waals surface area contributed by atoms with Gasteiger partial charge in [0.25, 0.3) is 10.0 Å². The molecule has 158 valence electrons. The first-order valence-electron chi connectivity index (χ1n) is 9.57. The van der Waals surface area contributed by atoms with Crippen LogP contribution in [0.25, 0.3) is 10.9 Å². The molecule has 0 radical (unpaired) electrons. The van der Waals surface area contributed by atoms with Gasteiger partial charge in [-0.25, -0.2) is 12.4 Å². The average Bonchev–Trinajstić information content (AvgIpc) is 3.12. The third kappa shape index (κ3) is 3.37. The Morgan fingerprint density at radius 2 is 1.55 bits per heavy atom. The van der Waals surface area contributed by atoms with Gasteiger partial charge in [-0.15, -0.1) is 0 Å². The molecule has 0 aliphatic carbocycles. The van der Waals surface area contributed by atoms with Crippen LogP contribution in [0, 0.1) is 6.92 Å². The van der Waals surface area contributed by atoms with E-state index in [0.717, 1.165) is 3.97 Å². The van der Waals surface area contributed by atoms with Crippen LogP contribution in [-0.4, -0.2) is 32.4 Å². The van der Waals surface area contributed by atoms with Gasteiger partial charge in [-0.05, 0) is 42.8 Å². The fourth-order valence-electron chi connectivity index (χ4n) is 3.69. The molecule has 0 saturated carbocycles. The summed E-state index contributed by atoms with van der Waals surface area (Å²) in [4.78, 5) is 13.8. The lowest BCUT2D eigenvalue weighted by molar-refractivity contribution is 0.103. The first-order chi connectivity index (χ1) is 14.9. The molecule has 0 aliphatic heterocycles. The van der Waals surface area contributed by atoms with Crippen molar-refractivity contribution in [2.24, 2.45) is 0 Å². The predicted octanol–water partition coefficient (Wildman–Crippen LogP) is 4.43. The second-order valence-corrected chi connectivity index (χ2v) is 8.76. The van der Waals surface area contributed by atoms with Crippen LogP contribution < -0.4 is 9.47 Å². The standard InChI is InChI=1S/C24H21NO5S/c1-16-19-11-7-8-12-21(19)25(31(27,28)18-9-5-4-6-10-18)23(16)24(26)20-14-13-17(29-2)15-22(20)30-3/h4-15H,1-3H3. The minimum Gasteiger partial charge on any atom is -0.497 e. The summed E-state index contributed by atoms with van der Waals surface area (Å²) < 4.78 is 39.0. The molecule has 3 aromatic carbocycles. The van der Waals surface area contributed by atoms with Gasteiger partial charge in [0.15, 0.2) is 0 Å². The fourth-order valence-corrected chi connectivity index (χ4v) is 5.28. The second-order valence-electron chi connectivity index (χ2n) is 6.97. The Hall–Kier alpha value is -3.58. The van der Waals surface area contributed by atoms with E-state index in [9.17, 15) is 13.2 Å². The van der Waals surface area contributed by atoms with Crippen LogP contribution in [0.1, 0.15) is 21.6 Å². The van der Waals surface area contributed by atoms with E-state index in [1.165, 1.54) is 26.4 Å². The molecule has 0 N–H and O–H groups in total. The third-order valence-corrected chi connectivity index (χ3v) is 6.96. The van der Waals surface area contributed by atoms with Gasteiger partial charge >= 0.3 is 0 Å². The van der Waals surface area contributed by atoms with Gasteiger partial charge in [0.05, 0.1) is 30.2 Å². The number of ketones is 1. The van der Waals surface area contributed by atoms with Crippen LogP contribution in [0.15, 0.2) is 77.7 Å². The highest BCUT2D eigenvalue weighted by atomic mass is 32.2. The van der Waals surface area contributed by atoms with E-state index in [2.05, 4.69) is 0 Å². The molecular formula is C24H21NO5S. The van der Waals surface area contributed by atoms with Crippen LogP contribution in [0.4, 0.5) is 0 Å². The number of carbonyl (C=O) groups excluding carboxylic acids is 1. The molecule has 1 aromatic heterocycles. The number of hydrogen-bond donors (Lipinski definition) is 0. The summed E-state index contributed by atoms with van der Waals surface area (Å²) in [6.07, 6.45) is 0. The second kappa shape index (κ2) is 7.92. The highest BCUT2D eigenvalue weighted by Gasteiger charge is 2.30. The summed E-state index contributed by atoms with van der Waals surface area (Å²) in [5.41, 5.74) is 1.35. The zero-order valence-corrected chi connectivity index (χ0v) is 18.1. The van der Waals surface area contributed by atoms with Crippen LogP contribution >= 0.6 is 0 Å². The molecule has 0 fully saturated rings. The van der Waals surface area contributed by atoms with Crippen LogP contribution in [0.5, 0.6) is 11.5 Å². The van der Waals surface area contributed by atoms with Gasteiger partial charge < -0.3 is 9.47 Å². The summed E-state index contributed by atoms with van der Waals surface area (Å²) in [6, 6.07) is 20.0. The van der Waals surface area contributed by atoms with E-state index in [4.69, 9.17) is 9.47 Å². The van der Waals surface area contributed by atoms with Crippen LogP contribution in [-0.2, 0) is 10.0 Å². The van der Waals surface area contributed by atoms with E-state index in [1.807, 2.05) is 12.1 Å². The van der Waals surface area contributed by atoms with Crippen molar-refractivity contribution in [1.29, 1.82) is 0 Å². The Kier molecular flexibility index (Phi) is 5.29. The molecule has 0 bridgehead atoms. The molecule has 0 amide bonds. The van der Waals surface area contributed by atoms with E-state index < -0.39 is 15.8 Å². The molecular weight excluding hydrogens is 414 g/mol. The maximum absolute atomic E-state index is 13.7. The summed E-state index contributed by atoms with van der Waals surface area (Å²) >= 11 is 0. The van der Waals surface area contributed by atoms with Crippen molar-refractivity contribution in [3.05, 3.63) is 89.6 Å². The summed E-state index contributed by atoms with van der Waals surface area (Å²) in [5, 5.41) is 0.692. The zero-order valence-electron chi connectivity index (χ0n) is 17.3. The Balaban J connectivity index is 2.03. The smallest absolute Gasteiger partial charge is 0.268 e. The Morgan fingerprint density at radius 1 is 0.871 bits per heavy atom. The van der Waals surface area contributed by atoms with Gasteiger partial charge in [0, 0.05) is 11.5 Å². The number of methoxy groups -OCH3 is 2. The highest BCUT2D eigenvalue weighted by Crippen LogP contribution is 2.34. The molecule has 1 heterocycles. The molecule has 0 unspecified atom stereocenters. The van der Waals surface area contributed by atoms with Crippen molar-refractivity contribution >= 4 is 26.7 Å². The number of benzene rings is 3. The van der Waals surface area contributed by atoms with Gasteiger partial charge in [0.1, 0.15) is 17.2 Å². The first kappa shape index (κ1) is 20.7. The van der Waals surface area contributed by atoms with Crippen LogP contribution in [0.3, 0.4) is 0 Å². The van der Waals surface area contributed by atoms with Gasteiger partial charge in [-0.3, -0.25) is 4.79 Å². The van der Waals surface area contributed by atoms with Crippen LogP contribution in [0.2, 0.25) is 0 Å². The van der Waals surface area contributed by atoms with Crippen molar-refractivity contribution in [2.75, 3.05) is 14.2 Å². The molecule has 0 spiro atoms. The zero-order chi connectivity index (χ0) is 22.2. The molecule has 4 aromatic rings. The molecule has 0 atom stereocenters. The summed E-state index contributed by atoms with van der Waals surface area (Å²) in [6.45, 7) is 1.75. The van der Waals surface area contributed by atoms with Crippen molar-refractivity contribution in [2.45, 2.75) is 11.8 Å².